The van der Waals surface area contributed by atoms with Crippen LogP contribution in [0, 0.1) is 6.92 Å². The van der Waals surface area contributed by atoms with Crippen LogP contribution in [-0.4, -0.2) is 83.4 Å². The fraction of sp³-hybridized carbons (Fsp3) is 0.517. The van der Waals surface area contributed by atoms with E-state index in [4.69, 9.17) is 16.1 Å². The van der Waals surface area contributed by atoms with E-state index in [1.54, 1.807) is 0 Å². The SMILES string of the molecule is Cc1ccc2c(c1)CCN(C[C@H](C)NC(=O)CNO)C2C1CN(C[C@H](C)NC(=O)CNO)Cc2c(N)cccc21. The first-order valence-corrected chi connectivity index (χ1v) is 14.0. The van der Waals surface area contributed by atoms with Crippen molar-refractivity contribution in [2.75, 3.05) is 45.0 Å². The number of hydrogen-bond acceptors (Lipinski definition) is 9. The largest absolute Gasteiger partial charge is 0.398 e. The first-order chi connectivity index (χ1) is 19.2. The van der Waals surface area contributed by atoms with Crippen molar-refractivity contribution < 1.29 is 20.0 Å². The molecule has 2 aromatic rings. The Kier molecular flexibility index (Phi) is 10.1. The molecule has 8 N–H and O–H groups in total. The van der Waals surface area contributed by atoms with Gasteiger partial charge in [0.15, 0.2) is 0 Å². The molecule has 4 atom stereocenters. The van der Waals surface area contributed by atoms with Crippen molar-refractivity contribution in [2.24, 2.45) is 0 Å². The van der Waals surface area contributed by atoms with Gasteiger partial charge in [-0.3, -0.25) is 19.4 Å². The van der Waals surface area contributed by atoms with Crippen LogP contribution in [0.1, 0.15) is 53.6 Å². The lowest BCUT2D eigenvalue weighted by molar-refractivity contribution is -0.123. The number of amides is 2. The smallest absolute Gasteiger partial charge is 0.236 e. The normalized spacial score (nSPS) is 20.7. The van der Waals surface area contributed by atoms with E-state index in [0.29, 0.717) is 19.6 Å². The van der Waals surface area contributed by atoms with Crippen molar-refractivity contribution >= 4 is 17.5 Å². The number of carbonyl (C=O) groups is 2. The van der Waals surface area contributed by atoms with Crippen molar-refractivity contribution in [3.63, 3.8) is 0 Å². The number of benzene rings is 2. The van der Waals surface area contributed by atoms with Crippen LogP contribution in [0.2, 0.25) is 0 Å². The third-order valence-corrected chi connectivity index (χ3v) is 7.88. The van der Waals surface area contributed by atoms with E-state index in [-0.39, 0.29) is 48.9 Å². The second-order valence-electron chi connectivity index (χ2n) is 11.2. The summed E-state index contributed by atoms with van der Waals surface area (Å²) >= 11 is 0. The average molecular weight is 554 g/mol. The van der Waals surface area contributed by atoms with Crippen molar-refractivity contribution in [3.05, 3.63) is 64.2 Å². The number of rotatable bonds is 11. The number of carbonyl (C=O) groups excluding carboxylic acids is 2. The quantitative estimate of drug-likeness (QED) is 0.160. The second kappa shape index (κ2) is 13.5. The summed E-state index contributed by atoms with van der Waals surface area (Å²) in [6, 6.07) is 12.7. The molecule has 11 nitrogen and oxygen atoms in total. The summed E-state index contributed by atoms with van der Waals surface area (Å²) in [5.74, 6) is -0.411. The summed E-state index contributed by atoms with van der Waals surface area (Å²) in [6.45, 7) is 9.38. The van der Waals surface area contributed by atoms with Crippen LogP contribution in [0.15, 0.2) is 36.4 Å². The Morgan fingerprint density at radius 2 is 1.68 bits per heavy atom. The number of hydrogen-bond donors (Lipinski definition) is 7. The molecule has 0 fully saturated rings. The van der Waals surface area contributed by atoms with Crippen molar-refractivity contribution in [2.45, 2.75) is 57.8 Å². The highest BCUT2D eigenvalue weighted by atomic mass is 16.5. The van der Waals surface area contributed by atoms with Gasteiger partial charge in [0.25, 0.3) is 0 Å². The first kappa shape index (κ1) is 29.9. The van der Waals surface area contributed by atoms with Crippen LogP contribution in [0.4, 0.5) is 5.69 Å². The number of fused-ring (bicyclic) bond motifs is 2. The highest BCUT2D eigenvalue weighted by Crippen LogP contribution is 2.45. The second-order valence-corrected chi connectivity index (χ2v) is 11.2. The van der Waals surface area contributed by atoms with Gasteiger partial charge in [0.05, 0.1) is 13.1 Å². The van der Waals surface area contributed by atoms with Crippen LogP contribution in [0.3, 0.4) is 0 Å². The molecule has 0 aliphatic carbocycles. The minimum atomic E-state index is -0.265. The highest BCUT2D eigenvalue weighted by Gasteiger charge is 2.39. The molecule has 2 heterocycles. The van der Waals surface area contributed by atoms with Gasteiger partial charge in [-0.25, -0.2) is 0 Å². The fourth-order valence-electron chi connectivity index (χ4n) is 6.37. The Balaban J connectivity index is 1.67. The molecule has 0 bridgehead atoms. The van der Waals surface area contributed by atoms with E-state index >= 15 is 0 Å². The number of nitrogen functional groups attached to an aromatic ring is 1. The van der Waals surface area contributed by atoms with Gasteiger partial charge in [0.2, 0.25) is 11.8 Å². The molecule has 0 spiro atoms. The summed E-state index contributed by atoms with van der Waals surface area (Å²) in [5.41, 5.74) is 17.4. The van der Waals surface area contributed by atoms with Crippen LogP contribution < -0.4 is 27.3 Å². The van der Waals surface area contributed by atoms with Crippen molar-refractivity contribution in [3.8, 4) is 0 Å². The fourth-order valence-corrected chi connectivity index (χ4v) is 6.37. The Labute approximate surface area is 236 Å². The van der Waals surface area contributed by atoms with E-state index in [1.807, 2.05) is 36.9 Å². The average Bonchev–Trinajstić information content (AvgIpc) is 2.89. The lowest BCUT2D eigenvalue weighted by Crippen LogP contribution is -2.51. The molecule has 2 amide bonds. The lowest BCUT2D eigenvalue weighted by atomic mass is 9.77. The van der Waals surface area contributed by atoms with Gasteiger partial charge in [0.1, 0.15) is 0 Å². The van der Waals surface area contributed by atoms with Gasteiger partial charge in [-0.2, -0.15) is 11.0 Å². The number of nitrogens with one attached hydrogen (secondary N) is 4. The van der Waals surface area contributed by atoms with Crippen molar-refractivity contribution in [1.29, 1.82) is 0 Å². The Bertz CT molecular complexity index is 1190. The molecule has 0 radical (unpaired) electrons. The first-order valence-electron chi connectivity index (χ1n) is 14.0. The Morgan fingerprint density at radius 1 is 1.00 bits per heavy atom. The molecule has 4 rings (SSSR count). The summed E-state index contributed by atoms with van der Waals surface area (Å²) in [5, 5.41) is 23.7. The van der Waals surface area contributed by atoms with Gasteiger partial charge in [-0.05, 0) is 55.5 Å². The Morgan fingerprint density at radius 3 is 2.35 bits per heavy atom. The van der Waals surface area contributed by atoms with Crippen LogP contribution in [0.25, 0.3) is 0 Å². The summed E-state index contributed by atoms with van der Waals surface area (Å²) in [6.07, 6.45) is 0.925. The monoisotopic (exact) mass is 553 g/mol. The molecule has 2 unspecified atom stereocenters. The maximum absolute atomic E-state index is 12.2. The van der Waals surface area contributed by atoms with Gasteiger partial charge < -0.3 is 26.8 Å². The van der Waals surface area contributed by atoms with E-state index in [9.17, 15) is 9.59 Å². The lowest BCUT2D eigenvalue weighted by Gasteiger charge is -2.47. The molecule has 0 saturated heterocycles. The molecule has 40 heavy (non-hydrogen) atoms. The van der Waals surface area contributed by atoms with E-state index in [1.165, 1.54) is 22.3 Å². The molecule has 2 aromatic carbocycles. The Hall–Kier alpha value is -3.06. The summed E-state index contributed by atoms with van der Waals surface area (Å²) in [7, 11) is 0. The molecule has 2 aliphatic heterocycles. The maximum Gasteiger partial charge on any atom is 0.236 e. The molecule has 2 aliphatic rings. The van der Waals surface area contributed by atoms with Gasteiger partial charge in [0, 0.05) is 62.5 Å². The molecule has 0 aromatic heterocycles. The van der Waals surface area contributed by atoms with Crippen LogP contribution in [-0.2, 0) is 22.6 Å². The molecular formula is C29H43N7O4. The van der Waals surface area contributed by atoms with Gasteiger partial charge >= 0.3 is 0 Å². The zero-order chi connectivity index (χ0) is 28.8. The number of nitrogens with two attached hydrogens (primary N) is 1. The number of nitrogens with zero attached hydrogens (tertiary/aromatic N) is 2. The highest BCUT2D eigenvalue weighted by molar-refractivity contribution is 5.78. The minimum Gasteiger partial charge on any atom is -0.398 e. The minimum absolute atomic E-state index is 0.0616. The van der Waals surface area contributed by atoms with Gasteiger partial charge in [-0.15, -0.1) is 0 Å². The zero-order valence-electron chi connectivity index (χ0n) is 23.6. The molecule has 218 valence electrons. The van der Waals surface area contributed by atoms with E-state index in [2.05, 4.69) is 51.6 Å². The molecule has 11 heteroatoms. The summed E-state index contributed by atoms with van der Waals surface area (Å²) in [4.78, 5) is 29.0. The van der Waals surface area contributed by atoms with Crippen molar-refractivity contribution in [1.82, 2.24) is 31.4 Å². The summed E-state index contributed by atoms with van der Waals surface area (Å²) < 4.78 is 0. The zero-order valence-corrected chi connectivity index (χ0v) is 23.6. The predicted molar refractivity (Wildman–Crippen MR) is 153 cm³/mol. The van der Waals surface area contributed by atoms with Crippen LogP contribution >= 0.6 is 0 Å². The number of hydroxylamine groups is 2. The van der Waals surface area contributed by atoms with E-state index < -0.39 is 0 Å². The number of aryl methyl sites for hydroxylation is 1. The number of anilines is 1. The third-order valence-electron chi connectivity index (χ3n) is 7.88. The topological polar surface area (TPSA) is 155 Å². The standard InChI is InChI=1S/C29H43N7O4/c1-18-7-8-22-21(11-18)9-10-36(15-20(3)34-28(38)13-32-40)29(22)25-17-35(14-19(2)33-27(37)12-31-39)16-24-23(25)5-4-6-26(24)30/h4-8,11,19-20,25,29,31-32,39-40H,9-10,12-17,30H2,1-3H3,(H,33,37)(H,34,38)/t19-,20-,25?,29?/m0/s1. The molecule has 0 saturated carbocycles. The van der Waals surface area contributed by atoms with E-state index in [0.717, 1.165) is 30.8 Å². The maximum atomic E-state index is 12.2. The third kappa shape index (κ3) is 7.17. The molecular weight excluding hydrogens is 510 g/mol. The predicted octanol–water partition coefficient (Wildman–Crippen LogP) is 1.04. The van der Waals surface area contributed by atoms with Gasteiger partial charge in [-0.1, -0.05) is 35.9 Å². The van der Waals surface area contributed by atoms with Crippen LogP contribution in [0.5, 0.6) is 0 Å².